The Morgan fingerprint density at radius 2 is 1.88 bits per heavy atom. The summed E-state index contributed by atoms with van der Waals surface area (Å²) in [6.07, 6.45) is 0. The maximum atomic E-state index is 13.7. The van der Waals surface area contributed by atoms with Gasteiger partial charge in [0, 0.05) is 17.3 Å². The van der Waals surface area contributed by atoms with Crippen LogP contribution in [0.4, 0.5) is 5.69 Å². The second-order valence-corrected chi connectivity index (χ2v) is 9.09. The van der Waals surface area contributed by atoms with Crippen LogP contribution in [0.5, 0.6) is 17.2 Å². The lowest BCUT2D eigenvalue weighted by molar-refractivity contribution is -0.117. The van der Waals surface area contributed by atoms with E-state index in [9.17, 15) is 14.7 Å². The zero-order valence-electron chi connectivity index (χ0n) is 18.8. The van der Waals surface area contributed by atoms with Gasteiger partial charge in [-0.2, -0.15) is 0 Å². The molecule has 0 fully saturated rings. The minimum Gasteiger partial charge on any atom is -0.503 e. The van der Waals surface area contributed by atoms with Crippen LogP contribution in [0.2, 0.25) is 0 Å². The number of carbonyl (C=O) groups excluding carboxylic acids is 2. The number of methoxy groups -OCH3 is 1. The van der Waals surface area contributed by atoms with Crippen molar-refractivity contribution in [1.82, 2.24) is 4.98 Å². The Bertz CT molecular complexity index is 1340. The highest BCUT2D eigenvalue weighted by Gasteiger charge is 2.46. The molecule has 1 aromatic heterocycles. The van der Waals surface area contributed by atoms with Gasteiger partial charge in [0.1, 0.15) is 19.0 Å². The monoisotopic (exact) mass is 478 g/mol. The van der Waals surface area contributed by atoms with Gasteiger partial charge in [-0.05, 0) is 32.0 Å². The maximum absolute atomic E-state index is 13.7. The van der Waals surface area contributed by atoms with Gasteiger partial charge in [-0.25, -0.2) is 4.98 Å². The molecule has 0 saturated heterocycles. The fraction of sp³-hybridized carbons (Fsp3) is 0.240. The molecule has 0 bridgehead atoms. The SMILES string of the molecule is COc1ccccc1C1C(C(=O)c2sc(C)nc2C)=C(O)C(=O)N1c1ccc2c(c1)OCCO2. The first-order chi connectivity index (χ1) is 16.4. The van der Waals surface area contributed by atoms with Crippen LogP contribution in [0, 0.1) is 13.8 Å². The first-order valence-electron chi connectivity index (χ1n) is 10.7. The molecule has 174 valence electrons. The highest BCUT2D eigenvalue weighted by atomic mass is 32.1. The van der Waals surface area contributed by atoms with Crippen molar-refractivity contribution in [1.29, 1.82) is 0 Å². The molecule has 5 rings (SSSR count). The van der Waals surface area contributed by atoms with Crippen LogP contribution in [-0.2, 0) is 4.79 Å². The van der Waals surface area contributed by atoms with E-state index in [0.29, 0.717) is 52.3 Å². The average molecular weight is 479 g/mol. The minimum absolute atomic E-state index is 0.0175. The molecule has 1 N–H and O–H groups in total. The van der Waals surface area contributed by atoms with Crippen molar-refractivity contribution in [3.63, 3.8) is 0 Å². The number of fused-ring (bicyclic) bond motifs is 1. The van der Waals surface area contributed by atoms with Gasteiger partial charge in [0.05, 0.1) is 34.3 Å². The van der Waals surface area contributed by atoms with Crippen LogP contribution in [0.3, 0.4) is 0 Å². The van der Waals surface area contributed by atoms with Crippen molar-refractivity contribution in [2.75, 3.05) is 25.2 Å². The zero-order valence-corrected chi connectivity index (χ0v) is 19.6. The number of aryl methyl sites for hydroxylation is 2. The van der Waals surface area contributed by atoms with E-state index in [1.165, 1.54) is 23.3 Å². The number of ketones is 1. The predicted molar refractivity (Wildman–Crippen MR) is 126 cm³/mol. The molecule has 8 nitrogen and oxygen atoms in total. The molecular formula is C25H22N2O6S. The zero-order chi connectivity index (χ0) is 24.0. The summed E-state index contributed by atoms with van der Waals surface area (Å²) in [5, 5.41) is 11.7. The lowest BCUT2D eigenvalue weighted by atomic mass is 9.94. The average Bonchev–Trinajstić information content (AvgIpc) is 3.33. The Kier molecular flexibility index (Phi) is 5.49. The molecular weight excluding hydrogens is 456 g/mol. The molecule has 34 heavy (non-hydrogen) atoms. The summed E-state index contributed by atoms with van der Waals surface area (Å²) in [7, 11) is 1.52. The Balaban J connectivity index is 1.69. The van der Waals surface area contributed by atoms with Crippen LogP contribution in [0.15, 0.2) is 53.8 Å². The molecule has 0 aliphatic carbocycles. The summed E-state index contributed by atoms with van der Waals surface area (Å²) in [6, 6.07) is 11.3. The first kappa shape index (κ1) is 22.0. The largest absolute Gasteiger partial charge is 0.503 e. The number of benzene rings is 2. The van der Waals surface area contributed by atoms with E-state index in [1.807, 2.05) is 6.92 Å². The predicted octanol–water partition coefficient (Wildman–Crippen LogP) is 4.32. The van der Waals surface area contributed by atoms with Crippen molar-refractivity contribution >= 4 is 28.7 Å². The number of ether oxygens (including phenoxy) is 3. The quantitative estimate of drug-likeness (QED) is 0.545. The first-order valence-corrected chi connectivity index (χ1v) is 11.5. The topological polar surface area (TPSA) is 98.2 Å². The third-order valence-corrected chi connectivity index (χ3v) is 6.87. The van der Waals surface area contributed by atoms with E-state index in [2.05, 4.69) is 4.98 Å². The van der Waals surface area contributed by atoms with E-state index < -0.39 is 23.5 Å². The molecule has 2 aliphatic rings. The fourth-order valence-electron chi connectivity index (χ4n) is 4.34. The molecule has 0 saturated carbocycles. The number of aliphatic hydroxyl groups is 1. The Morgan fingerprint density at radius 1 is 1.15 bits per heavy atom. The number of aromatic nitrogens is 1. The molecule has 3 heterocycles. The number of thiazole rings is 1. The number of aliphatic hydroxyl groups excluding tert-OH is 1. The lowest BCUT2D eigenvalue weighted by Crippen LogP contribution is -2.31. The second kappa shape index (κ2) is 8.49. The molecule has 2 aromatic carbocycles. The van der Waals surface area contributed by atoms with Crippen molar-refractivity contribution in [3.8, 4) is 17.2 Å². The molecule has 0 radical (unpaired) electrons. The summed E-state index contributed by atoms with van der Waals surface area (Å²) >= 11 is 1.23. The summed E-state index contributed by atoms with van der Waals surface area (Å²) in [6.45, 7) is 4.37. The molecule has 1 unspecified atom stereocenters. The number of amides is 1. The summed E-state index contributed by atoms with van der Waals surface area (Å²) in [5.74, 6) is -0.177. The lowest BCUT2D eigenvalue weighted by Gasteiger charge is -2.29. The summed E-state index contributed by atoms with van der Waals surface area (Å²) < 4.78 is 16.9. The number of nitrogens with zero attached hydrogens (tertiary/aromatic N) is 2. The van der Waals surface area contributed by atoms with Crippen molar-refractivity contribution in [2.45, 2.75) is 19.9 Å². The van der Waals surface area contributed by atoms with Crippen LogP contribution in [0.25, 0.3) is 0 Å². The maximum Gasteiger partial charge on any atom is 0.294 e. The van der Waals surface area contributed by atoms with Gasteiger partial charge < -0.3 is 19.3 Å². The number of rotatable bonds is 5. The molecule has 9 heteroatoms. The van der Waals surface area contributed by atoms with Crippen LogP contribution in [0.1, 0.15) is 32.0 Å². The van der Waals surface area contributed by atoms with Gasteiger partial charge in [0.2, 0.25) is 5.78 Å². The summed E-state index contributed by atoms with van der Waals surface area (Å²) in [4.78, 5) is 33.3. The van der Waals surface area contributed by atoms with Crippen LogP contribution in [-0.4, -0.2) is 42.1 Å². The Morgan fingerprint density at radius 3 is 2.59 bits per heavy atom. The van der Waals surface area contributed by atoms with Crippen LogP contribution >= 0.6 is 11.3 Å². The number of hydrogen-bond donors (Lipinski definition) is 1. The minimum atomic E-state index is -0.916. The third-order valence-electron chi connectivity index (χ3n) is 5.80. The van der Waals surface area contributed by atoms with E-state index in [0.717, 1.165) is 5.01 Å². The molecule has 2 aliphatic heterocycles. The standard InChI is InChI=1S/C25H22N2O6S/c1-13-24(34-14(2)26-13)22(28)20-21(16-6-4-5-7-17(16)31-3)27(25(30)23(20)29)15-8-9-18-19(12-15)33-11-10-32-18/h4-9,12,21,29H,10-11H2,1-3H3. The molecule has 0 spiro atoms. The smallest absolute Gasteiger partial charge is 0.294 e. The van der Waals surface area contributed by atoms with Gasteiger partial charge >= 0.3 is 0 Å². The fourth-order valence-corrected chi connectivity index (χ4v) is 5.21. The van der Waals surface area contributed by atoms with Gasteiger partial charge in [-0.1, -0.05) is 18.2 Å². The number of carbonyl (C=O) groups is 2. The van der Waals surface area contributed by atoms with Crippen molar-refractivity contribution < 1.29 is 28.9 Å². The Hall–Kier alpha value is -3.85. The van der Waals surface area contributed by atoms with Gasteiger partial charge in [-0.3, -0.25) is 14.5 Å². The number of hydrogen-bond acceptors (Lipinski definition) is 8. The second-order valence-electron chi connectivity index (χ2n) is 7.89. The Labute approximate surface area is 200 Å². The van der Waals surface area contributed by atoms with Crippen LogP contribution < -0.4 is 19.1 Å². The van der Waals surface area contributed by atoms with Crippen molar-refractivity contribution in [3.05, 3.63) is 74.9 Å². The normalized spacial score (nSPS) is 17.3. The van der Waals surface area contributed by atoms with Gasteiger partial charge in [-0.15, -0.1) is 11.3 Å². The molecule has 1 amide bonds. The highest BCUT2D eigenvalue weighted by Crippen LogP contribution is 2.46. The third kappa shape index (κ3) is 3.49. The van der Waals surface area contributed by atoms with E-state index in [-0.39, 0.29) is 5.57 Å². The highest BCUT2D eigenvalue weighted by molar-refractivity contribution is 7.14. The van der Waals surface area contributed by atoms with E-state index in [1.54, 1.807) is 49.4 Å². The number of Topliss-reactive ketones (excluding diaryl/α,β-unsaturated/α-hetero) is 1. The van der Waals surface area contributed by atoms with Crippen molar-refractivity contribution in [2.24, 2.45) is 0 Å². The van der Waals surface area contributed by atoms with Gasteiger partial charge in [0.25, 0.3) is 5.91 Å². The number of anilines is 1. The molecule has 3 aromatic rings. The van der Waals surface area contributed by atoms with E-state index in [4.69, 9.17) is 14.2 Å². The summed E-state index contributed by atoms with van der Waals surface area (Å²) in [5.41, 5.74) is 1.56. The molecule has 1 atom stereocenters. The van der Waals surface area contributed by atoms with E-state index >= 15 is 0 Å². The van der Waals surface area contributed by atoms with Gasteiger partial charge in [0.15, 0.2) is 17.3 Å². The number of para-hydroxylation sites is 1.